The Kier molecular flexibility index (Phi) is 4.76. The third kappa shape index (κ3) is 3.04. The molecule has 1 saturated heterocycles. The molecule has 4 rings (SSSR count). The van der Waals surface area contributed by atoms with Crippen LogP contribution in [0.1, 0.15) is 48.0 Å². The predicted octanol–water partition coefficient (Wildman–Crippen LogP) is 4.63. The summed E-state index contributed by atoms with van der Waals surface area (Å²) in [5.41, 5.74) is 0.808. The first-order chi connectivity index (χ1) is 12.6. The van der Waals surface area contributed by atoms with Gasteiger partial charge < -0.3 is 10.0 Å². The van der Waals surface area contributed by atoms with Gasteiger partial charge in [-0.25, -0.2) is 0 Å². The van der Waals surface area contributed by atoms with E-state index in [0.29, 0.717) is 23.6 Å². The van der Waals surface area contributed by atoms with Crippen molar-refractivity contribution < 1.29 is 9.90 Å². The molecule has 136 valence electrons. The fraction of sp³-hybridized carbons (Fsp3) is 0.409. The van der Waals surface area contributed by atoms with E-state index in [0.717, 1.165) is 31.2 Å². The van der Waals surface area contributed by atoms with Crippen LogP contribution in [-0.4, -0.2) is 28.5 Å². The molecule has 0 aromatic heterocycles. The Hall–Kier alpha value is -1.84. The van der Waals surface area contributed by atoms with Gasteiger partial charge in [-0.2, -0.15) is 0 Å². The largest absolute Gasteiger partial charge is 0.385 e. The average molecular weight is 370 g/mol. The fourth-order valence-electron chi connectivity index (χ4n) is 4.78. The van der Waals surface area contributed by atoms with Crippen LogP contribution < -0.4 is 0 Å². The first kappa shape index (κ1) is 17.6. The van der Waals surface area contributed by atoms with Crippen molar-refractivity contribution in [1.82, 2.24) is 4.90 Å². The van der Waals surface area contributed by atoms with Crippen LogP contribution in [0.2, 0.25) is 5.02 Å². The van der Waals surface area contributed by atoms with E-state index in [9.17, 15) is 9.90 Å². The van der Waals surface area contributed by atoms with Gasteiger partial charge in [0, 0.05) is 29.1 Å². The Balaban J connectivity index is 1.64. The Labute approximate surface area is 159 Å². The van der Waals surface area contributed by atoms with Gasteiger partial charge in [-0.3, -0.25) is 4.79 Å². The Morgan fingerprint density at radius 2 is 1.73 bits per heavy atom. The number of carbonyl (C=O) groups excluding carboxylic acids is 1. The van der Waals surface area contributed by atoms with E-state index < -0.39 is 5.60 Å². The van der Waals surface area contributed by atoms with Crippen molar-refractivity contribution in [3.05, 3.63) is 70.7 Å². The molecule has 1 heterocycles. The molecular formula is C22H24ClNO2. The highest BCUT2D eigenvalue weighted by Gasteiger charge is 2.50. The van der Waals surface area contributed by atoms with Gasteiger partial charge in [0.15, 0.2) is 0 Å². The van der Waals surface area contributed by atoms with Crippen LogP contribution in [0, 0.1) is 5.92 Å². The van der Waals surface area contributed by atoms with Crippen LogP contribution in [0.25, 0.3) is 0 Å². The maximum absolute atomic E-state index is 13.1. The Morgan fingerprint density at radius 3 is 2.46 bits per heavy atom. The molecule has 1 amide bonds. The maximum Gasteiger partial charge on any atom is 0.254 e. The van der Waals surface area contributed by atoms with Crippen molar-refractivity contribution >= 4 is 17.5 Å². The van der Waals surface area contributed by atoms with Crippen molar-refractivity contribution in [2.45, 2.75) is 43.7 Å². The van der Waals surface area contributed by atoms with E-state index in [4.69, 9.17) is 11.6 Å². The van der Waals surface area contributed by atoms with Crippen LogP contribution in [-0.2, 0) is 5.60 Å². The molecule has 0 bridgehead atoms. The van der Waals surface area contributed by atoms with Crippen molar-refractivity contribution in [2.75, 3.05) is 6.54 Å². The minimum atomic E-state index is -0.844. The lowest BCUT2D eigenvalue weighted by atomic mass is 9.66. The topological polar surface area (TPSA) is 40.5 Å². The first-order valence-electron chi connectivity index (χ1n) is 9.44. The van der Waals surface area contributed by atoms with Crippen LogP contribution in [0.3, 0.4) is 0 Å². The molecule has 1 N–H and O–H groups in total. The molecule has 3 nitrogen and oxygen atoms in total. The second-order valence-electron chi connectivity index (χ2n) is 7.50. The van der Waals surface area contributed by atoms with Crippen molar-refractivity contribution in [3.63, 3.8) is 0 Å². The second-order valence-corrected chi connectivity index (χ2v) is 7.94. The number of nitrogens with zero attached hydrogens (tertiary/aromatic N) is 1. The highest BCUT2D eigenvalue weighted by Crippen LogP contribution is 2.47. The third-order valence-corrected chi connectivity index (χ3v) is 6.35. The number of amides is 1. The number of hydrogen-bond donors (Lipinski definition) is 1. The summed E-state index contributed by atoms with van der Waals surface area (Å²) < 4.78 is 0. The lowest BCUT2D eigenvalue weighted by Crippen LogP contribution is -2.58. The number of likely N-dealkylation sites (tertiary alicyclic amines) is 1. The van der Waals surface area contributed by atoms with Gasteiger partial charge in [0.1, 0.15) is 0 Å². The Morgan fingerprint density at radius 1 is 1.04 bits per heavy atom. The number of piperidine rings is 1. The van der Waals surface area contributed by atoms with Gasteiger partial charge in [0.2, 0.25) is 0 Å². The lowest BCUT2D eigenvalue weighted by molar-refractivity contribution is -0.110. The summed E-state index contributed by atoms with van der Waals surface area (Å²) in [6.07, 6.45) is 4.72. The molecule has 4 heteroatoms. The number of hydrogen-bond acceptors (Lipinski definition) is 2. The summed E-state index contributed by atoms with van der Waals surface area (Å²) in [5.74, 6) is 0.136. The quantitative estimate of drug-likeness (QED) is 0.838. The summed E-state index contributed by atoms with van der Waals surface area (Å²) >= 11 is 5.96. The highest BCUT2D eigenvalue weighted by molar-refractivity contribution is 6.30. The zero-order valence-electron chi connectivity index (χ0n) is 14.8. The zero-order valence-corrected chi connectivity index (χ0v) is 15.5. The molecule has 1 unspecified atom stereocenters. The molecule has 1 saturated carbocycles. The third-order valence-electron chi connectivity index (χ3n) is 6.10. The molecule has 26 heavy (non-hydrogen) atoms. The van der Waals surface area contributed by atoms with E-state index in [2.05, 4.69) is 0 Å². The molecule has 2 aliphatic rings. The van der Waals surface area contributed by atoms with Gasteiger partial charge in [-0.15, -0.1) is 0 Å². The normalized spacial score (nSPS) is 28.5. The smallest absolute Gasteiger partial charge is 0.254 e. The second kappa shape index (κ2) is 7.05. The zero-order chi connectivity index (χ0) is 18.1. The summed E-state index contributed by atoms with van der Waals surface area (Å²) in [5, 5.41) is 12.2. The van der Waals surface area contributed by atoms with Crippen LogP contribution in [0.5, 0.6) is 0 Å². The highest BCUT2D eigenvalue weighted by atomic mass is 35.5. The van der Waals surface area contributed by atoms with Crippen molar-refractivity contribution in [3.8, 4) is 0 Å². The lowest BCUT2D eigenvalue weighted by Gasteiger charge is -2.52. The molecule has 2 aromatic rings. The van der Waals surface area contributed by atoms with Gasteiger partial charge in [0.25, 0.3) is 5.91 Å². The average Bonchev–Trinajstić information content (AvgIpc) is 2.69. The number of benzene rings is 2. The SMILES string of the molecule is O=C(c1ccc(Cl)cc1)N1CC[C@@](O)(c2ccccc2)[C@H]2CCCCC21. The molecule has 2 fully saturated rings. The molecule has 0 spiro atoms. The molecule has 1 aliphatic carbocycles. The Bertz CT molecular complexity index is 776. The predicted molar refractivity (Wildman–Crippen MR) is 103 cm³/mol. The number of halogens is 1. The van der Waals surface area contributed by atoms with Gasteiger partial charge in [-0.05, 0) is 49.1 Å². The number of rotatable bonds is 2. The van der Waals surface area contributed by atoms with Crippen LogP contribution in [0.4, 0.5) is 0 Å². The van der Waals surface area contributed by atoms with Crippen molar-refractivity contribution in [2.24, 2.45) is 5.92 Å². The van der Waals surface area contributed by atoms with Crippen LogP contribution in [0.15, 0.2) is 54.6 Å². The molecular weight excluding hydrogens is 346 g/mol. The van der Waals surface area contributed by atoms with E-state index in [1.54, 1.807) is 24.3 Å². The van der Waals surface area contributed by atoms with E-state index >= 15 is 0 Å². The summed E-state index contributed by atoms with van der Waals surface area (Å²) in [6.45, 7) is 0.577. The van der Waals surface area contributed by atoms with Crippen molar-refractivity contribution in [1.29, 1.82) is 0 Å². The number of fused-ring (bicyclic) bond motifs is 1. The summed E-state index contributed by atoms with van der Waals surface area (Å²) in [6, 6.07) is 17.2. The maximum atomic E-state index is 13.1. The van der Waals surface area contributed by atoms with Crippen LogP contribution >= 0.6 is 11.6 Å². The molecule has 2 aromatic carbocycles. The number of aliphatic hydroxyl groups is 1. The van der Waals surface area contributed by atoms with E-state index in [-0.39, 0.29) is 17.9 Å². The fourth-order valence-corrected chi connectivity index (χ4v) is 4.91. The number of carbonyl (C=O) groups is 1. The molecule has 0 radical (unpaired) electrons. The minimum Gasteiger partial charge on any atom is -0.385 e. The molecule has 3 atom stereocenters. The standard InChI is InChI=1S/C22H24ClNO2/c23-18-12-10-16(11-13-18)21(25)24-15-14-22(26,17-6-2-1-3-7-17)19-8-4-5-9-20(19)24/h1-3,6-7,10-13,19-20,26H,4-5,8-9,14-15H2/t19-,20?,22+/m0/s1. The minimum absolute atomic E-state index is 0.0497. The van der Waals surface area contributed by atoms with Gasteiger partial charge in [-0.1, -0.05) is 54.8 Å². The van der Waals surface area contributed by atoms with Gasteiger partial charge in [0.05, 0.1) is 5.60 Å². The van der Waals surface area contributed by atoms with Gasteiger partial charge >= 0.3 is 0 Å². The molecule has 1 aliphatic heterocycles. The first-order valence-corrected chi connectivity index (χ1v) is 9.82. The summed E-state index contributed by atoms with van der Waals surface area (Å²) in [4.78, 5) is 15.1. The van der Waals surface area contributed by atoms with E-state index in [1.165, 1.54) is 0 Å². The van der Waals surface area contributed by atoms with E-state index in [1.807, 2.05) is 35.2 Å². The summed E-state index contributed by atoms with van der Waals surface area (Å²) in [7, 11) is 0. The monoisotopic (exact) mass is 369 g/mol.